The molecule has 1 fully saturated rings. The van der Waals surface area contributed by atoms with Crippen molar-refractivity contribution in [1.82, 2.24) is 25.2 Å². The molecule has 0 bridgehead atoms. The molecule has 2 heterocycles. The van der Waals surface area contributed by atoms with E-state index >= 15 is 0 Å². The largest absolute Gasteiger partial charge is 0.314 e. The van der Waals surface area contributed by atoms with Gasteiger partial charge in [0, 0.05) is 45.5 Å². The van der Waals surface area contributed by atoms with Crippen molar-refractivity contribution in [3.63, 3.8) is 0 Å². The third-order valence-corrected chi connectivity index (χ3v) is 3.71. The third kappa shape index (κ3) is 3.04. The first-order valence-corrected chi connectivity index (χ1v) is 6.50. The van der Waals surface area contributed by atoms with Crippen molar-refractivity contribution in [3.8, 4) is 0 Å². The molecular weight excluding hydrogens is 214 g/mol. The fraction of sp³-hybridized carbons (Fsp3) is 0.833. The van der Waals surface area contributed by atoms with E-state index in [1.807, 2.05) is 13.2 Å². The van der Waals surface area contributed by atoms with E-state index in [1.165, 1.54) is 6.42 Å². The van der Waals surface area contributed by atoms with E-state index in [0.29, 0.717) is 6.04 Å². The van der Waals surface area contributed by atoms with Crippen LogP contribution in [0.25, 0.3) is 0 Å². The smallest absolute Gasteiger partial charge is 0.0967 e. The van der Waals surface area contributed by atoms with Gasteiger partial charge in [-0.2, -0.15) is 0 Å². The van der Waals surface area contributed by atoms with Crippen LogP contribution in [0.1, 0.15) is 26.0 Å². The Morgan fingerprint density at radius 3 is 3.06 bits per heavy atom. The van der Waals surface area contributed by atoms with E-state index in [2.05, 4.69) is 34.4 Å². The summed E-state index contributed by atoms with van der Waals surface area (Å²) in [6, 6.07) is 0.621. The highest BCUT2D eigenvalue weighted by molar-refractivity contribution is 4.95. The molecule has 2 unspecified atom stereocenters. The molecule has 96 valence electrons. The lowest BCUT2D eigenvalue weighted by molar-refractivity contribution is 0.107. The van der Waals surface area contributed by atoms with Crippen molar-refractivity contribution in [2.75, 3.05) is 19.6 Å². The molecule has 0 spiro atoms. The molecule has 1 N–H and O–H groups in total. The van der Waals surface area contributed by atoms with Crippen LogP contribution in [0.15, 0.2) is 6.20 Å². The van der Waals surface area contributed by atoms with Gasteiger partial charge in [0.05, 0.1) is 5.69 Å². The number of aryl methyl sites for hydroxylation is 1. The molecule has 1 saturated heterocycles. The summed E-state index contributed by atoms with van der Waals surface area (Å²) in [6.07, 6.45) is 3.24. The van der Waals surface area contributed by atoms with Gasteiger partial charge in [-0.3, -0.25) is 9.58 Å². The minimum absolute atomic E-state index is 0.621. The van der Waals surface area contributed by atoms with Gasteiger partial charge in [-0.1, -0.05) is 25.5 Å². The van der Waals surface area contributed by atoms with Gasteiger partial charge in [-0.15, -0.1) is 5.10 Å². The minimum atomic E-state index is 0.621. The second kappa shape index (κ2) is 5.60. The normalized spacial score (nSPS) is 23.8. The van der Waals surface area contributed by atoms with Gasteiger partial charge in [0.2, 0.25) is 0 Å². The molecule has 5 nitrogen and oxygen atoms in total. The lowest BCUT2D eigenvalue weighted by Crippen LogP contribution is -2.53. The highest BCUT2D eigenvalue weighted by atomic mass is 15.4. The minimum Gasteiger partial charge on any atom is -0.314 e. The van der Waals surface area contributed by atoms with Crippen molar-refractivity contribution in [2.24, 2.45) is 13.0 Å². The van der Waals surface area contributed by atoms with E-state index in [9.17, 15) is 0 Å². The maximum atomic E-state index is 4.18. The molecule has 5 heteroatoms. The molecule has 1 aromatic heterocycles. The lowest BCUT2D eigenvalue weighted by Gasteiger charge is -2.39. The zero-order valence-electron chi connectivity index (χ0n) is 11.1. The molecule has 1 aliphatic heterocycles. The average molecular weight is 237 g/mol. The van der Waals surface area contributed by atoms with Gasteiger partial charge in [-0.25, -0.2) is 0 Å². The number of rotatable bonds is 4. The number of hydrogen-bond acceptors (Lipinski definition) is 4. The van der Waals surface area contributed by atoms with Crippen molar-refractivity contribution in [2.45, 2.75) is 32.9 Å². The maximum Gasteiger partial charge on any atom is 0.0967 e. The first kappa shape index (κ1) is 12.5. The molecule has 0 aliphatic carbocycles. The van der Waals surface area contributed by atoms with Crippen LogP contribution in [0.2, 0.25) is 0 Å². The van der Waals surface area contributed by atoms with E-state index in [0.717, 1.165) is 37.8 Å². The molecule has 1 aromatic rings. The molecule has 0 aromatic carbocycles. The Hall–Kier alpha value is -0.940. The summed E-state index contributed by atoms with van der Waals surface area (Å²) < 4.78 is 1.77. The summed E-state index contributed by atoms with van der Waals surface area (Å²) >= 11 is 0. The number of nitrogens with zero attached hydrogens (tertiary/aromatic N) is 4. The Kier molecular flexibility index (Phi) is 4.12. The van der Waals surface area contributed by atoms with Crippen LogP contribution < -0.4 is 5.32 Å². The van der Waals surface area contributed by atoms with Gasteiger partial charge in [0.1, 0.15) is 0 Å². The predicted octanol–water partition coefficient (Wildman–Crippen LogP) is 0.635. The van der Waals surface area contributed by atoms with Gasteiger partial charge < -0.3 is 5.32 Å². The van der Waals surface area contributed by atoms with Crippen LogP contribution in [0.3, 0.4) is 0 Å². The van der Waals surface area contributed by atoms with Crippen LogP contribution in [0.4, 0.5) is 0 Å². The van der Waals surface area contributed by atoms with E-state index in [1.54, 1.807) is 4.68 Å². The Balaban J connectivity index is 2.01. The van der Waals surface area contributed by atoms with Crippen molar-refractivity contribution in [1.29, 1.82) is 0 Å². The Bertz CT molecular complexity index is 348. The Morgan fingerprint density at radius 1 is 1.59 bits per heavy atom. The fourth-order valence-electron chi connectivity index (χ4n) is 2.47. The molecule has 1 aliphatic rings. The average Bonchev–Trinajstić information content (AvgIpc) is 2.74. The summed E-state index contributed by atoms with van der Waals surface area (Å²) in [5.74, 6) is 0.722. The summed E-state index contributed by atoms with van der Waals surface area (Å²) in [4.78, 5) is 2.54. The fourth-order valence-corrected chi connectivity index (χ4v) is 2.47. The second-order valence-corrected chi connectivity index (χ2v) is 5.01. The molecule has 0 saturated carbocycles. The molecule has 17 heavy (non-hydrogen) atoms. The van der Waals surface area contributed by atoms with Gasteiger partial charge >= 0.3 is 0 Å². The van der Waals surface area contributed by atoms with Crippen molar-refractivity contribution >= 4 is 0 Å². The van der Waals surface area contributed by atoms with Crippen LogP contribution in [-0.4, -0.2) is 45.6 Å². The topological polar surface area (TPSA) is 46.0 Å². The molecular formula is C12H23N5. The standard InChI is InChI=1S/C12H23N5/c1-4-10(2)12-7-13-5-6-17(12)9-11-8-16(3)15-14-11/h8,10,12-13H,4-7,9H2,1-3H3. The predicted molar refractivity (Wildman–Crippen MR) is 67.5 cm³/mol. The summed E-state index contributed by atoms with van der Waals surface area (Å²) in [5.41, 5.74) is 1.07. The van der Waals surface area contributed by atoms with Crippen molar-refractivity contribution < 1.29 is 0 Å². The maximum absolute atomic E-state index is 4.18. The zero-order chi connectivity index (χ0) is 12.3. The Morgan fingerprint density at radius 2 is 2.41 bits per heavy atom. The van der Waals surface area contributed by atoms with Crippen molar-refractivity contribution in [3.05, 3.63) is 11.9 Å². The first-order valence-electron chi connectivity index (χ1n) is 6.50. The van der Waals surface area contributed by atoms with Crippen LogP contribution in [0.5, 0.6) is 0 Å². The van der Waals surface area contributed by atoms with E-state index < -0.39 is 0 Å². The monoisotopic (exact) mass is 237 g/mol. The van der Waals surface area contributed by atoms with E-state index in [4.69, 9.17) is 0 Å². The number of aromatic nitrogens is 3. The van der Waals surface area contributed by atoms with Gasteiger partial charge in [0.15, 0.2) is 0 Å². The Labute approximate surface area is 103 Å². The summed E-state index contributed by atoms with van der Waals surface area (Å²) in [7, 11) is 1.92. The summed E-state index contributed by atoms with van der Waals surface area (Å²) in [5, 5.41) is 11.7. The number of piperazine rings is 1. The van der Waals surface area contributed by atoms with Crippen LogP contribution in [0, 0.1) is 5.92 Å². The third-order valence-electron chi connectivity index (χ3n) is 3.71. The first-order chi connectivity index (χ1) is 8.20. The molecule has 2 atom stereocenters. The molecule has 0 amide bonds. The highest BCUT2D eigenvalue weighted by Crippen LogP contribution is 2.18. The van der Waals surface area contributed by atoms with Crippen LogP contribution >= 0.6 is 0 Å². The molecule has 2 rings (SSSR count). The van der Waals surface area contributed by atoms with Gasteiger partial charge in [-0.05, 0) is 5.92 Å². The number of hydrogen-bond donors (Lipinski definition) is 1. The summed E-state index contributed by atoms with van der Waals surface area (Å²) in [6.45, 7) is 8.79. The zero-order valence-corrected chi connectivity index (χ0v) is 11.1. The lowest BCUT2D eigenvalue weighted by atomic mass is 9.96. The van der Waals surface area contributed by atoms with Gasteiger partial charge in [0.25, 0.3) is 0 Å². The number of nitrogens with one attached hydrogen (secondary N) is 1. The van der Waals surface area contributed by atoms with Crippen LogP contribution in [-0.2, 0) is 13.6 Å². The highest BCUT2D eigenvalue weighted by Gasteiger charge is 2.26. The quantitative estimate of drug-likeness (QED) is 0.834. The SMILES string of the molecule is CCC(C)C1CNCCN1Cc1cn(C)nn1. The molecule has 0 radical (unpaired) electrons. The second-order valence-electron chi connectivity index (χ2n) is 5.01. The van der Waals surface area contributed by atoms with E-state index in [-0.39, 0.29) is 0 Å².